The molecule has 5 rings (SSSR count). The number of methoxy groups -OCH3 is 1. The van der Waals surface area contributed by atoms with Crippen LogP contribution in [0.3, 0.4) is 0 Å². The van der Waals surface area contributed by atoms with Gasteiger partial charge in [0.05, 0.1) is 30.7 Å². The van der Waals surface area contributed by atoms with E-state index in [0.717, 1.165) is 41.6 Å². The van der Waals surface area contributed by atoms with Crippen LogP contribution in [0.4, 0.5) is 0 Å². The predicted octanol–water partition coefficient (Wildman–Crippen LogP) is 6.85. The fourth-order valence-corrected chi connectivity index (χ4v) is 8.07. The highest BCUT2D eigenvalue weighted by atomic mass is 79.9. The topological polar surface area (TPSA) is 66.8 Å². The number of carbonyl (C=O) groups excluding carboxylic acids is 1. The number of thiophene rings is 1. The Hall–Kier alpha value is -1.94. The van der Waals surface area contributed by atoms with Gasteiger partial charge in [-0.1, -0.05) is 15.9 Å². The third-order valence-electron chi connectivity index (χ3n) is 6.66. The average molecular weight is 591 g/mol. The molecule has 2 unspecified atom stereocenters. The van der Waals surface area contributed by atoms with E-state index in [9.17, 15) is 9.59 Å². The summed E-state index contributed by atoms with van der Waals surface area (Å²) in [5, 5.41) is 0.481. The largest absolute Gasteiger partial charge is 0.494 e. The van der Waals surface area contributed by atoms with Crippen LogP contribution in [0.5, 0.6) is 5.75 Å². The fourth-order valence-electron chi connectivity index (χ4n) is 4.96. The van der Waals surface area contributed by atoms with Crippen molar-refractivity contribution in [1.82, 2.24) is 4.57 Å². The Morgan fingerprint density at radius 3 is 2.61 bits per heavy atom. The summed E-state index contributed by atoms with van der Waals surface area (Å²) in [6.07, 6.45) is 5.75. The van der Waals surface area contributed by atoms with Crippen LogP contribution in [0.1, 0.15) is 59.1 Å². The Labute approximate surface area is 224 Å². The van der Waals surface area contributed by atoms with Gasteiger partial charge in [-0.2, -0.15) is 0 Å². The van der Waals surface area contributed by atoms with Crippen molar-refractivity contribution < 1.29 is 18.7 Å². The summed E-state index contributed by atoms with van der Waals surface area (Å²) in [4.78, 5) is 28.6. The minimum Gasteiger partial charge on any atom is -0.494 e. The Morgan fingerprint density at radius 1 is 1.22 bits per heavy atom. The van der Waals surface area contributed by atoms with Crippen molar-refractivity contribution in [2.24, 2.45) is 0 Å². The van der Waals surface area contributed by atoms with Crippen LogP contribution in [0.15, 0.2) is 29.2 Å². The zero-order valence-corrected chi connectivity index (χ0v) is 24.8. The first-order chi connectivity index (χ1) is 17.1. The van der Waals surface area contributed by atoms with Crippen LogP contribution in [0, 0.1) is 0 Å². The van der Waals surface area contributed by atoms with E-state index in [4.69, 9.17) is 13.9 Å². The van der Waals surface area contributed by atoms with Crippen molar-refractivity contribution in [3.63, 3.8) is 0 Å². The number of esters is 1. The first kappa shape index (κ1) is 25.7. The van der Waals surface area contributed by atoms with E-state index in [2.05, 4.69) is 41.6 Å². The molecule has 2 aliphatic carbocycles. The third kappa shape index (κ3) is 4.71. The molecule has 36 heavy (non-hydrogen) atoms. The average Bonchev–Trinajstić information content (AvgIpc) is 3.58. The second-order valence-electron chi connectivity index (χ2n) is 10.5. The molecule has 2 aromatic heterocycles. The number of aryl methyl sites for hydroxylation is 1. The number of hydrogen-bond acceptors (Lipinski definition) is 6. The van der Waals surface area contributed by atoms with Gasteiger partial charge >= 0.3 is 5.97 Å². The van der Waals surface area contributed by atoms with E-state index in [0.29, 0.717) is 16.0 Å². The van der Waals surface area contributed by atoms with Crippen LogP contribution < -0.4 is 10.2 Å². The highest BCUT2D eigenvalue weighted by molar-refractivity contribution is 9.09. The summed E-state index contributed by atoms with van der Waals surface area (Å²) in [5.41, 5.74) is 2.72. The minimum absolute atomic E-state index is 0.0358. The molecule has 192 valence electrons. The smallest absolute Gasteiger partial charge is 0.343 e. The lowest BCUT2D eigenvalue weighted by molar-refractivity contribution is 0.0524. The molecule has 0 N–H and O–H groups in total. The van der Waals surface area contributed by atoms with Crippen molar-refractivity contribution >= 4 is 52.5 Å². The molecular weight excluding hydrogens is 558 g/mol. The molecular formula is C27H32BrNO5SSi. The number of halogens is 1. The number of hydrogen-bond donors (Lipinski definition) is 0. The molecule has 2 aliphatic rings. The first-order valence-corrected chi connectivity index (χ1v) is 17.6. The Bertz CT molecular complexity index is 1390. The van der Waals surface area contributed by atoms with Gasteiger partial charge in [-0.3, -0.25) is 4.79 Å². The van der Waals surface area contributed by atoms with Gasteiger partial charge in [0, 0.05) is 32.4 Å². The molecule has 6 nitrogen and oxygen atoms in total. The summed E-state index contributed by atoms with van der Waals surface area (Å²) in [6, 6.07) is 6.27. The molecule has 1 saturated carbocycles. The lowest BCUT2D eigenvalue weighted by atomic mass is 9.95. The Morgan fingerprint density at radius 2 is 1.97 bits per heavy atom. The summed E-state index contributed by atoms with van der Waals surface area (Å²) in [6.45, 7) is 8.64. The molecule has 0 saturated heterocycles. The van der Waals surface area contributed by atoms with E-state index in [-0.39, 0.29) is 29.7 Å². The summed E-state index contributed by atoms with van der Waals surface area (Å²) in [5.74, 6) is 0.0918. The van der Waals surface area contributed by atoms with Crippen LogP contribution in [-0.2, 0) is 15.6 Å². The number of fused-ring (bicyclic) bond motifs is 2. The second kappa shape index (κ2) is 9.74. The fraction of sp³-hybridized carbons (Fsp3) is 0.481. The Balaban J connectivity index is 1.68. The van der Waals surface area contributed by atoms with Gasteiger partial charge in [0.1, 0.15) is 5.56 Å². The van der Waals surface area contributed by atoms with Crippen LogP contribution in [-0.4, -0.2) is 37.4 Å². The highest BCUT2D eigenvalue weighted by Gasteiger charge is 2.35. The van der Waals surface area contributed by atoms with E-state index >= 15 is 0 Å². The highest BCUT2D eigenvalue weighted by Crippen LogP contribution is 2.48. The maximum Gasteiger partial charge on any atom is 0.343 e. The molecule has 0 amide bonds. The SMILES string of the molecule is CCOC(=O)c1cn(C2CC2)c2c(OC)c(-c3cc4c(s3)CCC(Br)C4O[Si](C)(C)C)ccc2c1=O. The minimum atomic E-state index is -1.75. The molecule has 2 atom stereocenters. The summed E-state index contributed by atoms with van der Waals surface area (Å²) >= 11 is 5.65. The molecule has 1 fully saturated rings. The normalized spacial score (nSPS) is 19.8. The van der Waals surface area contributed by atoms with Crippen molar-refractivity contribution in [3.8, 4) is 16.2 Å². The molecule has 3 aromatic rings. The second-order valence-corrected chi connectivity index (χ2v) is 17.2. The predicted molar refractivity (Wildman–Crippen MR) is 151 cm³/mol. The van der Waals surface area contributed by atoms with E-state index in [1.807, 2.05) is 16.7 Å². The van der Waals surface area contributed by atoms with Crippen LogP contribution >= 0.6 is 27.3 Å². The van der Waals surface area contributed by atoms with Crippen molar-refractivity contribution in [2.45, 2.75) is 69.2 Å². The number of aromatic nitrogens is 1. The van der Waals surface area contributed by atoms with Crippen molar-refractivity contribution in [2.75, 3.05) is 13.7 Å². The van der Waals surface area contributed by atoms with E-state index < -0.39 is 14.3 Å². The van der Waals surface area contributed by atoms with Crippen molar-refractivity contribution in [3.05, 3.63) is 50.6 Å². The maximum atomic E-state index is 13.3. The monoisotopic (exact) mass is 589 g/mol. The number of nitrogens with zero attached hydrogens (tertiary/aromatic N) is 1. The number of alkyl halides is 1. The third-order valence-corrected chi connectivity index (χ3v) is 9.80. The number of carbonyl (C=O) groups is 1. The molecule has 2 heterocycles. The standard InChI is InChI=1S/C27H32BrNO5SSi/c1-6-33-27(31)19-14-29(15-7-8-15)23-17(24(19)30)10-9-16(26(23)32-2)22-13-18-21(35-22)12-11-20(28)25(18)34-36(3,4)5/h9-10,13-15,20,25H,6-8,11-12H2,1-5H3. The van der Waals surface area contributed by atoms with E-state index in [1.165, 1.54) is 10.4 Å². The van der Waals surface area contributed by atoms with Crippen molar-refractivity contribution in [1.29, 1.82) is 0 Å². The molecule has 1 aromatic carbocycles. The number of rotatable bonds is 7. The van der Waals surface area contributed by atoms with Gasteiger partial charge < -0.3 is 18.5 Å². The number of ether oxygens (including phenoxy) is 2. The van der Waals surface area contributed by atoms with E-state index in [1.54, 1.807) is 31.6 Å². The summed E-state index contributed by atoms with van der Waals surface area (Å²) in [7, 11) is -0.0940. The first-order valence-electron chi connectivity index (χ1n) is 12.5. The molecule has 0 aliphatic heterocycles. The van der Waals surface area contributed by atoms with Gasteiger partial charge in [0.2, 0.25) is 5.43 Å². The lowest BCUT2D eigenvalue weighted by Crippen LogP contribution is -2.33. The molecule has 0 spiro atoms. The summed E-state index contributed by atoms with van der Waals surface area (Å²) < 4.78 is 19.8. The molecule has 9 heteroatoms. The van der Waals surface area contributed by atoms with Crippen LogP contribution in [0.25, 0.3) is 21.3 Å². The number of benzene rings is 1. The quantitative estimate of drug-likeness (QED) is 0.171. The van der Waals surface area contributed by atoms with Gasteiger partial charge in [0.25, 0.3) is 0 Å². The zero-order valence-electron chi connectivity index (χ0n) is 21.4. The molecule has 0 radical (unpaired) electrons. The zero-order chi connectivity index (χ0) is 25.8. The lowest BCUT2D eigenvalue weighted by Gasteiger charge is -2.33. The van der Waals surface area contributed by atoms with Gasteiger partial charge in [0.15, 0.2) is 14.1 Å². The Kier molecular flexibility index (Phi) is 6.95. The number of pyridine rings is 1. The molecule has 0 bridgehead atoms. The van der Waals surface area contributed by atoms with Gasteiger partial charge in [-0.05, 0) is 76.0 Å². The van der Waals surface area contributed by atoms with Crippen LogP contribution in [0.2, 0.25) is 19.6 Å². The van der Waals surface area contributed by atoms with Gasteiger partial charge in [-0.25, -0.2) is 4.79 Å². The maximum absolute atomic E-state index is 13.3. The van der Waals surface area contributed by atoms with Gasteiger partial charge in [-0.15, -0.1) is 11.3 Å².